The second-order valence-electron chi connectivity index (χ2n) is 6.05. The number of amides is 2. The normalized spacial score (nSPS) is 16.4. The molecule has 3 rings (SSSR count). The van der Waals surface area contributed by atoms with Gasteiger partial charge in [0.2, 0.25) is 5.91 Å². The number of rotatable bonds is 5. The summed E-state index contributed by atoms with van der Waals surface area (Å²) in [5, 5.41) is 5.90. The molecule has 2 aromatic rings. The van der Waals surface area contributed by atoms with Gasteiger partial charge < -0.3 is 20.1 Å². The van der Waals surface area contributed by atoms with Gasteiger partial charge in [0.05, 0.1) is 12.7 Å². The number of methoxy groups -OCH3 is 1. The van der Waals surface area contributed by atoms with Gasteiger partial charge in [0.25, 0.3) is 5.91 Å². The molecule has 1 aliphatic rings. The molecule has 0 aromatic heterocycles. The topological polar surface area (TPSA) is 76.7 Å². The molecular weight excluding hydrogens is 375 g/mol. The van der Waals surface area contributed by atoms with E-state index in [0.717, 1.165) is 0 Å². The number of piperidine rings is 1. The van der Waals surface area contributed by atoms with Gasteiger partial charge in [0.1, 0.15) is 11.6 Å². The Morgan fingerprint density at radius 3 is 2.74 bits per heavy atom. The summed E-state index contributed by atoms with van der Waals surface area (Å²) < 4.78 is 24.3. The van der Waals surface area contributed by atoms with Crippen molar-refractivity contribution < 1.29 is 23.5 Å². The van der Waals surface area contributed by atoms with E-state index in [4.69, 9.17) is 21.1 Å². The summed E-state index contributed by atoms with van der Waals surface area (Å²) in [4.78, 5) is 24.2. The molecule has 1 unspecified atom stereocenters. The summed E-state index contributed by atoms with van der Waals surface area (Å²) >= 11 is 6.04. The second-order valence-corrected chi connectivity index (χ2v) is 6.49. The SMILES string of the molecule is COc1cc(F)ccc1Oc1ccc(Cl)cc1C(=O)NC1CCNC(=O)C1. The Morgan fingerprint density at radius 2 is 2.00 bits per heavy atom. The quantitative estimate of drug-likeness (QED) is 0.818. The molecule has 1 aliphatic heterocycles. The lowest BCUT2D eigenvalue weighted by Gasteiger charge is -2.23. The van der Waals surface area contributed by atoms with Crippen LogP contribution in [0.4, 0.5) is 4.39 Å². The minimum atomic E-state index is -0.469. The monoisotopic (exact) mass is 392 g/mol. The van der Waals surface area contributed by atoms with E-state index in [1.807, 2.05) is 0 Å². The summed E-state index contributed by atoms with van der Waals surface area (Å²) in [5.74, 6) is -0.295. The maximum atomic E-state index is 13.4. The minimum Gasteiger partial charge on any atom is -0.493 e. The Balaban J connectivity index is 1.84. The Bertz CT molecular complexity index is 875. The van der Waals surface area contributed by atoms with E-state index in [1.165, 1.54) is 31.4 Å². The summed E-state index contributed by atoms with van der Waals surface area (Å²) in [6.07, 6.45) is 0.855. The van der Waals surface area contributed by atoms with Gasteiger partial charge in [0, 0.05) is 30.1 Å². The van der Waals surface area contributed by atoms with Gasteiger partial charge in [-0.3, -0.25) is 9.59 Å². The van der Waals surface area contributed by atoms with E-state index >= 15 is 0 Å². The van der Waals surface area contributed by atoms with Gasteiger partial charge in [-0.1, -0.05) is 11.6 Å². The zero-order valence-corrected chi connectivity index (χ0v) is 15.3. The van der Waals surface area contributed by atoms with Crippen LogP contribution < -0.4 is 20.1 Å². The maximum Gasteiger partial charge on any atom is 0.255 e. The average Bonchev–Trinajstić information content (AvgIpc) is 2.64. The maximum absolute atomic E-state index is 13.4. The smallest absolute Gasteiger partial charge is 0.255 e. The Hall–Kier alpha value is -2.80. The van der Waals surface area contributed by atoms with E-state index in [2.05, 4.69) is 10.6 Å². The lowest BCUT2D eigenvalue weighted by molar-refractivity contribution is -0.122. The van der Waals surface area contributed by atoms with E-state index in [9.17, 15) is 14.0 Å². The standard InChI is InChI=1S/C19H18ClFN2O4/c1-26-17-9-12(21)3-5-16(17)27-15-4-2-11(20)8-14(15)19(25)23-13-6-7-22-18(24)10-13/h2-5,8-9,13H,6-7,10H2,1H3,(H,22,24)(H,23,25). The largest absolute Gasteiger partial charge is 0.493 e. The molecule has 1 saturated heterocycles. The third-order valence-electron chi connectivity index (χ3n) is 4.11. The van der Waals surface area contributed by atoms with Crippen LogP contribution in [0.2, 0.25) is 5.02 Å². The number of nitrogens with one attached hydrogen (secondary N) is 2. The first-order valence-electron chi connectivity index (χ1n) is 8.35. The molecule has 27 heavy (non-hydrogen) atoms. The summed E-state index contributed by atoms with van der Waals surface area (Å²) in [7, 11) is 1.39. The molecule has 2 aromatic carbocycles. The number of carbonyl (C=O) groups is 2. The number of carbonyl (C=O) groups excluding carboxylic acids is 2. The van der Waals surface area contributed by atoms with Crippen LogP contribution in [0.5, 0.6) is 17.2 Å². The van der Waals surface area contributed by atoms with Crippen LogP contribution in [-0.2, 0) is 4.79 Å². The fraction of sp³-hybridized carbons (Fsp3) is 0.263. The van der Waals surface area contributed by atoms with Crippen LogP contribution in [0, 0.1) is 5.82 Å². The van der Waals surface area contributed by atoms with Gasteiger partial charge in [-0.25, -0.2) is 4.39 Å². The molecule has 0 radical (unpaired) electrons. The number of benzene rings is 2. The number of ether oxygens (including phenoxy) is 2. The summed E-state index contributed by atoms with van der Waals surface area (Å²) in [6.45, 7) is 0.509. The average molecular weight is 393 g/mol. The summed E-state index contributed by atoms with van der Waals surface area (Å²) in [6, 6.07) is 8.17. The van der Waals surface area contributed by atoms with Crippen molar-refractivity contribution in [3.05, 3.63) is 52.8 Å². The van der Waals surface area contributed by atoms with Crippen LogP contribution in [0.1, 0.15) is 23.2 Å². The van der Waals surface area contributed by atoms with Crippen molar-refractivity contribution in [2.75, 3.05) is 13.7 Å². The first kappa shape index (κ1) is 19.0. The predicted octanol–water partition coefficient (Wildman–Crippen LogP) is 3.29. The molecule has 2 N–H and O–H groups in total. The van der Waals surface area contributed by atoms with E-state index in [-0.39, 0.29) is 41.2 Å². The molecule has 1 fully saturated rings. The molecule has 142 valence electrons. The van der Waals surface area contributed by atoms with Gasteiger partial charge in [-0.05, 0) is 36.8 Å². The molecule has 6 nitrogen and oxygen atoms in total. The van der Waals surface area contributed by atoms with Crippen molar-refractivity contribution in [1.29, 1.82) is 0 Å². The zero-order chi connectivity index (χ0) is 19.4. The molecule has 8 heteroatoms. The molecule has 0 bridgehead atoms. The summed E-state index contributed by atoms with van der Waals surface area (Å²) in [5.41, 5.74) is 0.208. The van der Waals surface area contributed by atoms with Crippen LogP contribution in [0.25, 0.3) is 0 Å². The molecule has 1 heterocycles. The minimum absolute atomic E-state index is 0.106. The van der Waals surface area contributed by atoms with Crippen molar-refractivity contribution in [1.82, 2.24) is 10.6 Å². The lowest BCUT2D eigenvalue weighted by Crippen LogP contribution is -2.45. The van der Waals surface area contributed by atoms with Gasteiger partial charge in [0.15, 0.2) is 11.5 Å². The van der Waals surface area contributed by atoms with Gasteiger partial charge in [-0.2, -0.15) is 0 Å². The molecular formula is C19H18ClFN2O4. The second kappa shape index (κ2) is 8.26. The molecule has 0 spiro atoms. The Morgan fingerprint density at radius 1 is 1.22 bits per heavy atom. The molecule has 0 aliphatic carbocycles. The van der Waals surface area contributed by atoms with E-state index in [1.54, 1.807) is 12.1 Å². The first-order valence-corrected chi connectivity index (χ1v) is 8.72. The van der Waals surface area contributed by atoms with Crippen molar-refractivity contribution in [3.8, 4) is 17.2 Å². The number of hydrogen-bond acceptors (Lipinski definition) is 4. The number of hydrogen-bond donors (Lipinski definition) is 2. The number of halogens is 2. The van der Waals surface area contributed by atoms with E-state index < -0.39 is 11.7 Å². The lowest BCUT2D eigenvalue weighted by atomic mass is 10.1. The van der Waals surface area contributed by atoms with E-state index in [0.29, 0.717) is 18.0 Å². The predicted molar refractivity (Wildman–Crippen MR) is 98.0 cm³/mol. The highest BCUT2D eigenvalue weighted by Crippen LogP contribution is 2.34. The van der Waals surface area contributed by atoms with Gasteiger partial charge >= 0.3 is 0 Å². The molecule has 2 amide bonds. The third-order valence-corrected chi connectivity index (χ3v) is 4.35. The van der Waals surface area contributed by atoms with Crippen LogP contribution in [-0.4, -0.2) is 31.5 Å². The van der Waals surface area contributed by atoms with Crippen LogP contribution >= 0.6 is 11.6 Å². The fourth-order valence-electron chi connectivity index (χ4n) is 2.78. The Kier molecular flexibility index (Phi) is 5.81. The fourth-order valence-corrected chi connectivity index (χ4v) is 2.96. The van der Waals surface area contributed by atoms with Crippen LogP contribution in [0.15, 0.2) is 36.4 Å². The highest BCUT2D eigenvalue weighted by Gasteiger charge is 2.23. The third kappa shape index (κ3) is 4.68. The zero-order valence-electron chi connectivity index (χ0n) is 14.6. The van der Waals surface area contributed by atoms with Gasteiger partial charge in [-0.15, -0.1) is 0 Å². The van der Waals surface area contributed by atoms with Crippen molar-refractivity contribution >= 4 is 23.4 Å². The van der Waals surface area contributed by atoms with Crippen LogP contribution in [0.3, 0.4) is 0 Å². The highest BCUT2D eigenvalue weighted by atomic mass is 35.5. The first-order chi connectivity index (χ1) is 13.0. The Labute approximate surface area is 160 Å². The molecule has 1 atom stereocenters. The van der Waals surface area contributed by atoms with Crippen molar-refractivity contribution in [2.45, 2.75) is 18.9 Å². The van der Waals surface area contributed by atoms with Crippen molar-refractivity contribution in [3.63, 3.8) is 0 Å². The molecule has 0 saturated carbocycles. The van der Waals surface area contributed by atoms with Crippen molar-refractivity contribution in [2.24, 2.45) is 0 Å². The highest BCUT2D eigenvalue weighted by molar-refractivity contribution is 6.31.